The Bertz CT molecular complexity index is 847. The molecule has 0 spiro atoms. The lowest BCUT2D eigenvalue weighted by atomic mass is 9.92. The van der Waals surface area contributed by atoms with Gasteiger partial charge in [-0.2, -0.15) is 5.10 Å². The second-order valence-electron chi connectivity index (χ2n) is 8.86. The van der Waals surface area contributed by atoms with Crippen molar-refractivity contribution in [3.63, 3.8) is 0 Å². The van der Waals surface area contributed by atoms with E-state index in [0.29, 0.717) is 17.9 Å². The van der Waals surface area contributed by atoms with E-state index in [2.05, 4.69) is 38.1 Å². The van der Waals surface area contributed by atoms with Gasteiger partial charge in [0.05, 0.1) is 5.69 Å². The Morgan fingerprint density at radius 2 is 1.77 bits per heavy atom. The van der Waals surface area contributed by atoms with Gasteiger partial charge in [0.25, 0.3) is 5.91 Å². The average molecular weight is 413 g/mol. The van der Waals surface area contributed by atoms with E-state index in [1.54, 1.807) is 16.6 Å². The Morgan fingerprint density at radius 1 is 1.10 bits per heavy atom. The standard InChI is InChI=1S/C24H36N4O2/c1-7-9-10-18-11-13-19(14-12-18)23(30)28(15-8-2)17-22(29)25-21-16-20(24(3,4)5)26-27(21)6/h11-14,16H,7-10,15,17H2,1-6H3,(H,25,29). The van der Waals surface area contributed by atoms with Crippen LogP contribution in [0.1, 0.15) is 75.5 Å². The van der Waals surface area contributed by atoms with Gasteiger partial charge in [0.15, 0.2) is 0 Å². The Labute approximate surface area is 180 Å². The topological polar surface area (TPSA) is 67.2 Å². The number of aryl methyl sites for hydroxylation is 2. The van der Waals surface area contributed by atoms with E-state index in [1.165, 1.54) is 5.56 Å². The highest BCUT2D eigenvalue weighted by Gasteiger charge is 2.22. The number of rotatable bonds is 9. The van der Waals surface area contributed by atoms with E-state index in [1.807, 2.05) is 37.3 Å². The van der Waals surface area contributed by atoms with Crippen molar-refractivity contribution in [3.05, 3.63) is 47.2 Å². The first-order valence-corrected chi connectivity index (χ1v) is 10.9. The summed E-state index contributed by atoms with van der Waals surface area (Å²) in [6.07, 6.45) is 4.09. The summed E-state index contributed by atoms with van der Waals surface area (Å²) in [5.41, 5.74) is 2.66. The van der Waals surface area contributed by atoms with E-state index in [9.17, 15) is 9.59 Å². The molecule has 2 amide bonds. The predicted octanol–water partition coefficient (Wildman–Crippen LogP) is 4.55. The second kappa shape index (κ2) is 10.4. The molecule has 0 aliphatic rings. The summed E-state index contributed by atoms with van der Waals surface area (Å²) in [5, 5.41) is 7.38. The molecule has 0 saturated carbocycles. The van der Waals surface area contributed by atoms with Gasteiger partial charge >= 0.3 is 0 Å². The molecular formula is C24H36N4O2. The normalized spacial score (nSPS) is 11.4. The molecule has 6 nitrogen and oxygen atoms in total. The lowest BCUT2D eigenvalue weighted by molar-refractivity contribution is -0.116. The molecule has 0 bridgehead atoms. The molecule has 0 aliphatic carbocycles. The molecule has 1 N–H and O–H groups in total. The van der Waals surface area contributed by atoms with Crippen LogP contribution < -0.4 is 5.32 Å². The fraction of sp³-hybridized carbons (Fsp3) is 0.542. The molecule has 1 aromatic carbocycles. The summed E-state index contributed by atoms with van der Waals surface area (Å²) < 4.78 is 1.67. The molecule has 1 aromatic heterocycles. The van der Waals surface area contributed by atoms with Crippen LogP contribution in [-0.4, -0.2) is 39.6 Å². The van der Waals surface area contributed by atoms with E-state index < -0.39 is 0 Å². The summed E-state index contributed by atoms with van der Waals surface area (Å²) in [6.45, 7) is 11.0. The third-order valence-electron chi connectivity index (χ3n) is 5.05. The summed E-state index contributed by atoms with van der Waals surface area (Å²) in [6, 6.07) is 9.64. The second-order valence-corrected chi connectivity index (χ2v) is 8.86. The zero-order chi connectivity index (χ0) is 22.3. The number of aromatic nitrogens is 2. The van der Waals surface area contributed by atoms with Crippen LogP contribution in [0.15, 0.2) is 30.3 Å². The number of anilines is 1. The molecule has 1 heterocycles. The molecule has 0 saturated heterocycles. The molecule has 0 radical (unpaired) electrons. The Hall–Kier alpha value is -2.63. The number of nitrogens with one attached hydrogen (secondary N) is 1. The van der Waals surface area contributed by atoms with E-state index in [4.69, 9.17) is 0 Å². The highest BCUT2D eigenvalue weighted by molar-refractivity contribution is 5.99. The fourth-order valence-corrected chi connectivity index (χ4v) is 3.21. The van der Waals surface area contributed by atoms with Crippen molar-refractivity contribution in [2.24, 2.45) is 7.05 Å². The molecule has 30 heavy (non-hydrogen) atoms. The first-order chi connectivity index (χ1) is 14.2. The molecule has 0 atom stereocenters. The Kier molecular flexibility index (Phi) is 8.21. The number of unbranched alkanes of at least 4 members (excludes halogenated alkanes) is 1. The average Bonchev–Trinajstić information content (AvgIpc) is 3.06. The third kappa shape index (κ3) is 6.44. The van der Waals surface area contributed by atoms with Crippen LogP contribution in [0.3, 0.4) is 0 Å². The van der Waals surface area contributed by atoms with Gasteiger partial charge in [-0.1, -0.05) is 53.2 Å². The number of amides is 2. The largest absolute Gasteiger partial charge is 0.329 e. The van der Waals surface area contributed by atoms with Crippen LogP contribution in [0, 0.1) is 0 Å². The highest BCUT2D eigenvalue weighted by Crippen LogP contribution is 2.23. The van der Waals surface area contributed by atoms with E-state index >= 15 is 0 Å². The van der Waals surface area contributed by atoms with Crippen LogP contribution in [0.4, 0.5) is 5.82 Å². The van der Waals surface area contributed by atoms with Crippen molar-refractivity contribution >= 4 is 17.6 Å². The Morgan fingerprint density at radius 3 is 2.30 bits per heavy atom. The summed E-state index contributed by atoms with van der Waals surface area (Å²) in [4.78, 5) is 27.3. The van der Waals surface area contributed by atoms with Crippen molar-refractivity contribution < 1.29 is 9.59 Å². The van der Waals surface area contributed by atoms with Crippen molar-refractivity contribution in [1.29, 1.82) is 0 Å². The minimum absolute atomic E-state index is 0.0142. The minimum atomic E-state index is -0.222. The zero-order valence-corrected chi connectivity index (χ0v) is 19.3. The molecule has 2 rings (SSSR count). The van der Waals surface area contributed by atoms with Crippen LogP contribution in [0.5, 0.6) is 0 Å². The first-order valence-electron chi connectivity index (χ1n) is 10.9. The van der Waals surface area contributed by atoms with Gasteiger partial charge in [-0.05, 0) is 37.0 Å². The molecule has 0 fully saturated rings. The summed E-state index contributed by atoms with van der Waals surface area (Å²) in [7, 11) is 1.81. The maximum Gasteiger partial charge on any atom is 0.254 e. The maximum absolute atomic E-state index is 13.0. The van der Waals surface area contributed by atoms with Crippen LogP contribution in [0.25, 0.3) is 0 Å². The number of hydrogen-bond donors (Lipinski definition) is 1. The third-order valence-corrected chi connectivity index (χ3v) is 5.05. The smallest absolute Gasteiger partial charge is 0.254 e. The Balaban J connectivity index is 2.06. The van der Waals surface area contributed by atoms with Crippen LogP contribution >= 0.6 is 0 Å². The van der Waals surface area contributed by atoms with E-state index in [0.717, 1.165) is 31.4 Å². The SMILES string of the molecule is CCCCc1ccc(C(=O)N(CCC)CC(=O)Nc2cc(C(C)(C)C)nn2C)cc1. The van der Waals surface area contributed by atoms with Gasteiger partial charge in [0, 0.05) is 30.6 Å². The maximum atomic E-state index is 13.0. The van der Waals surface area contributed by atoms with Crippen molar-refractivity contribution in [1.82, 2.24) is 14.7 Å². The van der Waals surface area contributed by atoms with Crippen LogP contribution in [0.2, 0.25) is 0 Å². The lowest BCUT2D eigenvalue weighted by Gasteiger charge is -2.22. The summed E-state index contributed by atoms with van der Waals surface area (Å²) >= 11 is 0. The van der Waals surface area contributed by atoms with Crippen LogP contribution in [-0.2, 0) is 23.7 Å². The highest BCUT2D eigenvalue weighted by atomic mass is 16.2. The number of hydrogen-bond acceptors (Lipinski definition) is 3. The van der Waals surface area contributed by atoms with Crippen molar-refractivity contribution in [3.8, 4) is 0 Å². The summed E-state index contributed by atoms with van der Waals surface area (Å²) in [5.74, 6) is 0.295. The molecular weight excluding hydrogens is 376 g/mol. The van der Waals surface area contributed by atoms with Gasteiger partial charge in [-0.25, -0.2) is 0 Å². The molecule has 6 heteroatoms. The van der Waals surface area contributed by atoms with E-state index in [-0.39, 0.29) is 23.8 Å². The molecule has 2 aromatic rings. The first kappa shape index (κ1) is 23.6. The van der Waals surface area contributed by atoms with Gasteiger partial charge in [-0.3, -0.25) is 14.3 Å². The van der Waals surface area contributed by atoms with Crippen molar-refractivity contribution in [2.75, 3.05) is 18.4 Å². The minimum Gasteiger partial charge on any atom is -0.329 e. The molecule has 0 unspecified atom stereocenters. The molecule has 164 valence electrons. The number of benzene rings is 1. The van der Waals surface area contributed by atoms with Gasteiger partial charge in [0.1, 0.15) is 12.4 Å². The van der Waals surface area contributed by atoms with Crippen molar-refractivity contribution in [2.45, 2.75) is 65.7 Å². The quantitative estimate of drug-likeness (QED) is 0.657. The lowest BCUT2D eigenvalue weighted by Crippen LogP contribution is -2.38. The number of carbonyl (C=O) groups is 2. The predicted molar refractivity (Wildman–Crippen MR) is 122 cm³/mol. The zero-order valence-electron chi connectivity index (χ0n) is 19.3. The number of carbonyl (C=O) groups excluding carboxylic acids is 2. The monoisotopic (exact) mass is 412 g/mol. The van der Waals surface area contributed by atoms with Gasteiger partial charge in [0.2, 0.25) is 5.91 Å². The molecule has 0 aliphatic heterocycles. The van der Waals surface area contributed by atoms with Gasteiger partial charge < -0.3 is 10.2 Å². The number of nitrogens with zero attached hydrogens (tertiary/aromatic N) is 3. The fourth-order valence-electron chi connectivity index (χ4n) is 3.21. The van der Waals surface area contributed by atoms with Gasteiger partial charge in [-0.15, -0.1) is 0 Å².